The van der Waals surface area contributed by atoms with Gasteiger partial charge in [-0.15, -0.1) is 0 Å². The van der Waals surface area contributed by atoms with Crippen molar-refractivity contribution in [3.05, 3.63) is 71.1 Å². The average Bonchev–Trinajstić information content (AvgIpc) is 2.78. The molecule has 2 aliphatic rings. The lowest BCUT2D eigenvalue weighted by atomic mass is 9.77. The second-order valence-corrected chi connectivity index (χ2v) is 9.23. The molecule has 0 spiro atoms. The lowest BCUT2D eigenvalue weighted by Gasteiger charge is -2.31. The Morgan fingerprint density at radius 2 is 1.90 bits per heavy atom. The summed E-state index contributed by atoms with van der Waals surface area (Å²) in [5, 5.41) is 13.3. The van der Waals surface area contributed by atoms with E-state index in [9.17, 15) is 9.90 Å². The fourth-order valence-corrected chi connectivity index (χ4v) is 4.99. The number of hydrogen-bond acceptors (Lipinski definition) is 3. The molecule has 1 saturated carbocycles. The molecule has 0 saturated heterocycles. The molecule has 1 unspecified atom stereocenters. The van der Waals surface area contributed by atoms with E-state index >= 15 is 0 Å². The van der Waals surface area contributed by atoms with Crippen LogP contribution in [0.15, 0.2) is 54.4 Å². The molecule has 1 aliphatic carbocycles. The largest absolute Gasteiger partial charge is 0.508 e. The van der Waals surface area contributed by atoms with Gasteiger partial charge in [-0.3, -0.25) is 10.1 Å². The van der Waals surface area contributed by atoms with Gasteiger partial charge in [0, 0.05) is 0 Å². The van der Waals surface area contributed by atoms with E-state index < -0.39 is 0 Å². The third-order valence-corrected chi connectivity index (χ3v) is 7.10. The third kappa shape index (κ3) is 4.73. The summed E-state index contributed by atoms with van der Waals surface area (Å²) in [7, 11) is 0. The average molecular weight is 418 g/mol. The highest BCUT2D eigenvalue weighted by Gasteiger charge is 2.31. The van der Waals surface area contributed by atoms with Gasteiger partial charge in [-0.1, -0.05) is 31.2 Å². The summed E-state index contributed by atoms with van der Waals surface area (Å²) in [6.45, 7) is 8.50. The van der Waals surface area contributed by atoms with Crippen molar-refractivity contribution >= 4 is 18.2 Å². The topological polar surface area (TPSA) is 52.3 Å². The van der Waals surface area contributed by atoms with E-state index in [0.29, 0.717) is 23.3 Å². The molecule has 1 heterocycles. The van der Waals surface area contributed by atoms with Crippen molar-refractivity contribution in [2.45, 2.75) is 58.4 Å². The number of aromatic hydroxyl groups is 1. The molecule has 162 valence electrons. The quantitative estimate of drug-likeness (QED) is 0.610. The fraction of sp³-hybridized carbons (Fsp3) is 0.407. The van der Waals surface area contributed by atoms with Crippen molar-refractivity contribution < 1.29 is 14.5 Å². The van der Waals surface area contributed by atoms with E-state index in [4.69, 9.17) is 0 Å². The predicted molar refractivity (Wildman–Crippen MR) is 125 cm³/mol. The molecule has 4 nitrogen and oxygen atoms in total. The van der Waals surface area contributed by atoms with Gasteiger partial charge in [-0.25, -0.2) is 4.58 Å². The summed E-state index contributed by atoms with van der Waals surface area (Å²) in [4.78, 5) is 12.5. The van der Waals surface area contributed by atoms with Crippen molar-refractivity contribution in [2.24, 2.45) is 11.8 Å². The predicted octanol–water partition coefficient (Wildman–Crippen LogP) is 5.50. The minimum absolute atomic E-state index is 0.0461. The first-order chi connectivity index (χ1) is 14.9. The number of aryl methyl sites for hydroxylation is 2. The minimum Gasteiger partial charge on any atom is -0.508 e. The number of hydrogen-bond donors (Lipinski definition) is 2. The summed E-state index contributed by atoms with van der Waals surface area (Å²) in [5.41, 5.74) is 3.84. The lowest BCUT2D eigenvalue weighted by molar-refractivity contribution is -0.383. The Hall–Kier alpha value is -2.88. The van der Waals surface area contributed by atoms with Crippen LogP contribution in [0.1, 0.15) is 60.5 Å². The van der Waals surface area contributed by atoms with Gasteiger partial charge >= 0.3 is 0 Å². The normalized spacial score (nSPS) is 21.9. The number of nitrogens with zero attached hydrogens (tertiary/aromatic N) is 1. The van der Waals surface area contributed by atoms with Gasteiger partial charge < -0.3 is 5.11 Å². The number of carbonyl (C=O) groups is 1. The Kier molecular flexibility index (Phi) is 6.26. The third-order valence-electron chi connectivity index (χ3n) is 7.10. The maximum absolute atomic E-state index is 12.5. The zero-order chi connectivity index (χ0) is 22.0. The van der Waals surface area contributed by atoms with Crippen molar-refractivity contribution in [1.82, 2.24) is 5.32 Å². The molecule has 2 aromatic rings. The summed E-state index contributed by atoms with van der Waals surface area (Å²) >= 11 is 0. The number of rotatable bonds is 6. The van der Waals surface area contributed by atoms with Crippen LogP contribution < -0.4 is 5.32 Å². The smallest absolute Gasteiger partial charge is 0.283 e. The number of para-hydroxylation sites is 1. The Balaban J connectivity index is 1.28. The standard InChI is InChI=1S/C27H32N2O2/c1-18(8-9-20-10-15-25(30)19(2)16-20)21-11-13-22(14-12-21)28-27-17-26(31)23-6-4-5-7-24(23)29(27)3/h4-7,10,15-18,21-22H,3,8-9,11-14H2,1-2H3,(H-,28,30,31)/p+1. The first-order valence-electron chi connectivity index (χ1n) is 11.4. The van der Waals surface area contributed by atoms with Crippen LogP contribution >= 0.6 is 0 Å². The van der Waals surface area contributed by atoms with Crippen LogP contribution in [0.4, 0.5) is 5.69 Å². The van der Waals surface area contributed by atoms with Crippen LogP contribution in [0.3, 0.4) is 0 Å². The number of allylic oxidation sites excluding steroid dienone is 1. The van der Waals surface area contributed by atoms with Gasteiger partial charge in [0.15, 0.2) is 5.78 Å². The van der Waals surface area contributed by atoms with Gasteiger partial charge in [-0.2, -0.15) is 0 Å². The van der Waals surface area contributed by atoms with Crippen LogP contribution in [0.5, 0.6) is 5.75 Å². The maximum Gasteiger partial charge on any atom is 0.283 e. The Labute approximate surface area is 185 Å². The van der Waals surface area contributed by atoms with Gasteiger partial charge in [0.25, 0.3) is 5.82 Å². The van der Waals surface area contributed by atoms with E-state index in [1.165, 1.54) is 24.8 Å². The molecule has 1 atom stereocenters. The highest BCUT2D eigenvalue weighted by molar-refractivity contribution is 6.08. The zero-order valence-corrected chi connectivity index (χ0v) is 18.6. The second-order valence-electron chi connectivity index (χ2n) is 9.23. The number of carbonyl (C=O) groups excluding carboxylic acids is 1. The molecule has 4 rings (SSSR count). The van der Waals surface area contributed by atoms with Crippen LogP contribution in [0.2, 0.25) is 0 Å². The molecular weight excluding hydrogens is 384 g/mol. The van der Waals surface area contributed by atoms with Crippen molar-refractivity contribution in [2.75, 3.05) is 0 Å². The number of phenols is 1. The molecule has 0 bridgehead atoms. The molecule has 4 heteroatoms. The molecule has 2 N–H and O–H groups in total. The van der Waals surface area contributed by atoms with Crippen molar-refractivity contribution in [3.8, 4) is 5.75 Å². The van der Waals surface area contributed by atoms with Gasteiger partial charge in [0.2, 0.25) is 0 Å². The van der Waals surface area contributed by atoms with E-state index in [1.54, 1.807) is 12.1 Å². The summed E-state index contributed by atoms with van der Waals surface area (Å²) in [6, 6.07) is 14.0. The fourth-order valence-electron chi connectivity index (χ4n) is 4.99. The van der Waals surface area contributed by atoms with Gasteiger partial charge in [-0.05, 0) is 86.6 Å². The molecule has 0 radical (unpaired) electrons. The Morgan fingerprint density at radius 1 is 1.16 bits per heavy atom. The van der Waals surface area contributed by atoms with Crippen molar-refractivity contribution in [3.63, 3.8) is 0 Å². The number of fused-ring (bicyclic) bond motifs is 1. The zero-order valence-electron chi connectivity index (χ0n) is 18.6. The number of phenolic OH excluding ortho intramolecular Hbond substituents is 1. The number of benzene rings is 2. The van der Waals surface area contributed by atoms with E-state index in [2.05, 4.69) is 25.0 Å². The van der Waals surface area contributed by atoms with Crippen LogP contribution in [0.25, 0.3) is 0 Å². The first-order valence-corrected chi connectivity index (χ1v) is 11.4. The Morgan fingerprint density at radius 3 is 2.65 bits per heavy atom. The van der Waals surface area contributed by atoms with Crippen molar-refractivity contribution in [1.29, 1.82) is 0 Å². The number of ketones is 1. The lowest BCUT2D eigenvalue weighted by Crippen LogP contribution is -2.37. The highest BCUT2D eigenvalue weighted by atomic mass is 16.3. The summed E-state index contributed by atoms with van der Waals surface area (Å²) in [5.74, 6) is 2.66. The number of nitrogens with one attached hydrogen (secondary N) is 1. The Bertz CT molecular complexity index is 1020. The summed E-state index contributed by atoms with van der Waals surface area (Å²) in [6.07, 6.45) is 8.58. The van der Waals surface area contributed by atoms with Crippen LogP contribution in [0, 0.1) is 18.8 Å². The molecule has 0 aromatic heterocycles. The molecule has 31 heavy (non-hydrogen) atoms. The molecule has 1 fully saturated rings. The van der Waals surface area contributed by atoms with E-state index in [-0.39, 0.29) is 5.78 Å². The second kappa shape index (κ2) is 9.09. The van der Waals surface area contributed by atoms with E-state index in [0.717, 1.165) is 42.3 Å². The van der Waals surface area contributed by atoms with Crippen LogP contribution in [-0.4, -0.2) is 28.2 Å². The summed E-state index contributed by atoms with van der Waals surface area (Å²) < 4.78 is 1.85. The van der Waals surface area contributed by atoms with Crippen LogP contribution in [-0.2, 0) is 6.42 Å². The molecular formula is C27H33N2O2+. The van der Waals surface area contributed by atoms with Gasteiger partial charge in [0.1, 0.15) is 11.4 Å². The van der Waals surface area contributed by atoms with Gasteiger partial charge in [0.05, 0.1) is 24.4 Å². The molecule has 1 aliphatic heterocycles. The highest BCUT2D eigenvalue weighted by Crippen LogP contribution is 2.34. The SMILES string of the molecule is C=[N+]1C(NC2CCC(C(C)CCc3ccc(O)c(C)c3)CC2)=CC(=O)c2ccccc21. The molecule has 2 aromatic carbocycles. The maximum atomic E-state index is 12.5. The minimum atomic E-state index is 0.0461. The monoisotopic (exact) mass is 417 g/mol. The first kappa shape index (κ1) is 21.4. The molecule has 0 amide bonds. The van der Waals surface area contributed by atoms with E-state index in [1.807, 2.05) is 41.8 Å².